The lowest BCUT2D eigenvalue weighted by Gasteiger charge is -2.27. The van der Waals surface area contributed by atoms with Gasteiger partial charge in [0.25, 0.3) is 0 Å². The van der Waals surface area contributed by atoms with E-state index in [2.05, 4.69) is 10.8 Å². The van der Waals surface area contributed by atoms with E-state index in [1.807, 2.05) is 25.1 Å². The smallest absolute Gasteiger partial charge is 0.465 e. The molecule has 1 saturated carbocycles. The Morgan fingerprint density at radius 2 is 1.79 bits per heavy atom. The van der Waals surface area contributed by atoms with E-state index in [-0.39, 0.29) is 12.3 Å². The predicted octanol–water partition coefficient (Wildman–Crippen LogP) is 7.11. The molecule has 0 unspecified atom stereocenters. The number of hydrogen-bond acceptors (Lipinski definition) is 6. The molecule has 1 aliphatic carbocycles. The first-order valence-electron chi connectivity index (χ1n) is 12.1. The zero-order chi connectivity index (χ0) is 26.9. The number of carbonyl (C=O) groups is 1. The topological polar surface area (TPSA) is 60.9 Å². The summed E-state index contributed by atoms with van der Waals surface area (Å²) in [7, 11) is 1.32. The molecule has 0 radical (unpaired) electrons. The van der Waals surface area contributed by atoms with E-state index >= 15 is 0 Å². The molecule has 6 nitrogen and oxygen atoms in total. The van der Waals surface area contributed by atoms with E-state index in [1.165, 1.54) is 19.2 Å². The number of fused-ring (bicyclic) bond motifs is 1. The summed E-state index contributed by atoms with van der Waals surface area (Å²) in [6.45, 7) is 2.02. The van der Waals surface area contributed by atoms with Crippen LogP contribution in [0.3, 0.4) is 0 Å². The molecule has 0 amide bonds. The van der Waals surface area contributed by atoms with Crippen molar-refractivity contribution in [2.45, 2.75) is 38.6 Å². The zero-order valence-electron chi connectivity index (χ0n) is 20.8. The van der Waals surface area contributed by atoms with Gasteiger partial charge in [-0.3, -0.25) is 0 Å². The number of benzene rings is 3. The van der Waals surface area contributed by atoms with Crippen molar-refractivity contribution in [2.75, 3.05) is 12.2 Å². The highest BCUT2D eigenvalue weighted by atomic mass is 19.4. The number of alkyl halides is 3. The lowest BCUT2D eigenvalue weighted by atomic mass is 10.0. The molecule has 38 heavy (non-hydrogen) atoms. The van der Waals surface area contributed by atoms with Crippen LogP contribution >= 0.6 is 0 Å². The first kappa shape index (κ1) is 25.4. The molecule has 1 aromatic heterocycles. The summed E-state index contributed by atoms with van der Waals surface area (Å²) in [5.41, 5.74) is 2.87. The van der Waals surface area contributed by atoms with Crippen LogP contribution in [0.5, 0.6) is 11.5 Å². The third kappa shape index (κ3) is 5.66. The summed E-state index contributed by atoms with van der Waals surface area (Å²) >= 11 is 0. The fourth-order valence-electron chi connectivity index (χ4n) is 4.38. The zero-order valence-corrected chi connectivity index (χ0v) is 20.8. The SMILES string of the molecule is COC(=O)c1ccc(ON(Cc2ccc(OC(F)(F)F)cc2)c2ncc3ccccc3c2C2CC2)c(C)c1. The highest BCUT2D eigenvalue weighted by Crippen LogP contribution is 2.47. The number of aromatic nitrogens is 1. The second-order valence-corrected chi connectivity index (χ2v) is 9.15. The lowest BCUT2D eigenvalue weighted by molar-refractivity contribution is -0.274. The molecule has 9 heteroatoms. The quantitative estimate of drug-likeness (QED) is 0.182. The maximum atomic E-state index is 12.6. The van der Waals surface area contributed by atoms with Crippen molar-refractivity contribution in [3.05, 3.63) is 95.2 Å². The van der Waals surface area contributed by atoms with Crippen LogP contribution in [0.4, 0.5) is 19.0 Å². The van der Waals surface area contributed by atoms with E-state index in [0.29, 0.717) is 34.2 Å². The van der Waals surface area contributed by atoms with E-state index in [9.17, 15) is 18.0 Å². The molecule has 196 valence electrons. The van der Waals surface area contributed by atoms with Crippen molar-refractivity contribution in [3.63, 3.8) is 0 Å². The van der Waals surface area contributed by atoms with Crippen LogP contribution in [0.15, 0.2) is 72.9 Å². The average Bonchev–Trinajstić information content (AvgIpc) is 3.73. The molecule has 5 rings (SSSR count). The Morgan fingerprint density at radius 3 is 2.45 bits per heavy atom. The highest BCUT2D eigenvalue weighted by molar-refractivity contribution is 5.90. The Kier molecular flexibility index (Phi) is 6.84. The van der Waals surface area contributed by atoms with Gasteiger partial charge in [0.2, 0.25) is 0 Å². The second kappa shape index (κ2) is 10.2. The van der Waals surface area contributed by atoms with Crippen LogP contribution in [0, 0.1) is 6.92 Å². The number of carbonyl (C=O) groups excluding carboxylic acids is 1. The minimum absolute atomic E-state index is 0.204. The Hall–Kier alpha value is -4.27. The van der Waals surface area contributed by atoms with E-state index in [0.717, 1.165) is 29.2 Å². The Balaban J connectivity index is 1.53. The van der Waals surface area contributed by atoms with Gasteiger partial charge in [-0.2, -0.15) is 5.06 Å². The maximum Gasteiger partial charge on any atom is 0.573 e. The number of aryl methyl sites for hydroxylation is 1. The van der Waals surface area contributed by atoms with Gasteiger partial charge in [0.15, 0.2) is 11.6 Å². The molecule has 3 aromatic carbocycles. The second-order valence-electron chi connectivity index (χ2n) is 9.15. The van der Waals surface area contributed by atoms with Gasteiger partial charge in [0.1, 0.15) is 5.75 Å². The molecule has 0 saturated heterocycles. The van der Waals surface area contributed by atoms with Crippen LogP contribution in [0.2, 0.25) is 0 Å². The molecule has 1 fully saturated rings. The summed E-state index contributed by atoms with van der Waals surface area (Å²) in [6.07, 6.45) is -0.904. The minimum Gasteiger partial charge on any atom is -0.465 e. The standard InChI is InChI=1S/C29H25F3N2O4/c1-18-15-21(28(35)36-2)11-14-25(18)38-34(17-19-7-12-23(13-8-19)37-29(30,31)32)27-26(20-9-10-20)24-6-4-3-5-22(24)16-33-27/h3-8,11-16,20H,9-10,17H2,1-2H3. The number of ether oxygens (including phenoxy) is 2. The molecule has 0 aliphatic heterocycles. The van der Waals surface area contributed by atoms with E-state index in [1.54, 1.807) is 41.6 Å². The molecule has 0 bridgehead atoms. The van der Waals surface area contributed by atoms with Crippen LogP contribution in [0.1, 0.15) is 45.8 Å². The van der Waals surface area contributed by atoms with Crippen molar-refractivity contribution >= 4 is 22.6 Å². The monoisotopic (exact) mass is 522 g/mol. The Morgan fingerprint density at radius 1 is 1.05 bits per heavy atom. The average molecular weight is 523 g/mol. The number of hydroxylamine groups is 1. The summed E-state index contributed by atoms with van der Waals surface area (Å²) in [5.74, 6) is 0.722. The van der Waals surface area contributed by atoms with Crippen molar-refractivity contribution in [1.82, 2.24) is 4.98 Å². The Labute approximate surface area is 217 Å². The minimum atomic E-state index is -4.77. The van der Waals surface area contributed by atoms with Gasteiger partial charge in [0.05, 0.1) is 19.2 Å². The van der Waals surface area contributed by atoms with Gasteiger partial charge >= 0.3 is 12.3 Å². The fourth-order valence-corrected chi connectivity index (χ4v) is 4.38. The maximum absolute atomic E-state index is 12.6. The first-order chi connectivity index (χ1) is 18.2. The van der Waals surface area contributed by atoms with Crippen LogP contribution in [0.25, 0.3) is 10.8 Å². The van der Waals surface area contributed by atoms with Crippen LogP contribution < -0.4 is 14.6 Å². The largest absolute Gasteiger partial charge is 0.573 e. The Bertz CT molecular complexity index is 1470. The van der Waals surface area contributed by atoms with Crippen molar-refractivity contribution in [1.29, 1.82) is 0 Å². The van der Waals surface area contributed by atoms with Crippen molar-refractivity contribution < 1.29 is 32.3 Å². The predicted molar refractivity (Wildman–Crippen MR) is 136 cm³/mol. The van der Waals surface area contributed by atoms with Gasteiger partial charge in [-0.15, -0.1) is 13.2 Å². The normalized spacial score (nSPS) is 13.3. The van der Waals surface area contributed by atoms with Gasteiger partial charge in [-0.25, -0.2) is 9.78 Å². The van der Waals surface area contributed by atoms with Gasteiger partial charge in [0, 0.05) is 17.1 Å². The molecule has 0 N–H and O–H groups in total. The molecule has 0 spiro atoms. The molecular formula is C29H25F3N2O4. The summed E-state index contributed by atoms with van der Waals surface area (Å²) in [5, 5.41) is 3.76. The number of hydrogen-bond donors (Lipinski definition) is 0. The number of esters is 1. The summed E-state index contributed by atoms with van der Waals surface area (Å²) in [6, 6.07) is 18.7. The number of methoxy groups -OCH3 is 1. The molecular weight excluding hydrogens is 497 g/mol. The number of nitrogens with zero attached hydrogens (tertiary/aromatic N) is 2. The number of pyridine rings is 1. The highest BCUT2D eigenvalue weighted by Gasteiger charge is 2.32. The van der Waals surface area contributed by atoms with Gasteiger partial charge in [-0.1, -0.05) is 36.4 Å². The fraction of sp³-hybridized carbons (Fsp3) is 0.241. The molecule has 4 aromatic rings. The van der Waals surface area contributed by atoms with E-state index < -0.39 is 12.3 Å². The van der Waals surface area contributed by atoms with Crippen LogP contribution in [-0.4, -0.2) is 24.4 Å². The van der Waals surface area contributed by atoms with Gasteiger partial charge in [-0.05, 0) is 72.5 Å². The summed E-state index contributed by atoms with van der Waals surface area (Å²) in [4.78, 5) is 23.1. The van der Waals surface area contributed by atoms with Crippen molar-refractivity contribution in [3.8, 4) is 11.5 Å². The first-order valence-corrected chi connectivity index (χ1v) is 12.1. The van der Waals surface area contributed by atoms with Gasteiger partial charge < -0.3 is 14.3 Å². The number of anilines is 1. The third-order valence-electron chi connectivity index (χ3n) is 6.33. The molecule has 1 aliphatic rings. The molecule has 1 heterocycles. The third-order valence-corrected chi connectivity index (χ3v) is 6.33. The lowest BCUT2D eigenvalue weighted by Crippen LogP contribution is -2.29. The number of rotatable bonds is 8. The van der Waals surface area contributed by atoms with E-state index in [4.69, 9.17) is 14.6 Å². The number of halogens is 3. The summed E-state index contributed by atoms with van der Waals surface area (Å²) < 4.78 is 46.7. The molecule has 0 atom stereocenters. The van der Waals surface area contributed by atoms with Crippen LogP contribution in [-0.2, 0) is 11.3 Å². The van der Waals surface area contributed by atoms with Crippen molar-refractivity contribution in [2.24, 2.45) is 0 Å².